The zero-order valence-corrected chi connectivity index (χ0v) is 12.6. The smallest absolute Gasteiger partial charge is 0.154 e. The lowest BCUT2D eigenvalue weighted by Gasteiger charge is -2.07. The number of furan rings is 1. The van der Waals surface area contributed by atoms with E-state index in [0.717, 1.165) is 23.3 Å². The highest BCUT2D eigenvalue weighted by atomic mass is 35.5. The third kappa shape index (κ3) is 2.49. The molecule has 3 rings (SSSR count). The molecular weight excluding hydrogens is 281 g/mol. The lowest BCUT2D eigenvalue weighted by atomic mass is 10.1. The Morgan fingerprint density at radius 2 is 2.05 bits per heavy atom. The largest absolute Gasteiger partial charge is 0.458 e. The van der Waals surface area contributed by atoms with Crippen LogP contribution in [0.2, 0.25) is 10.0 Å². The predicted molar refractivity (Wildman–Crippen MR) is 80.2 cm³/mol. The van der Waals surface area contributed by atoms with E-state index < -0.39 is 0 Å². The highest BCUT2D eigenvalue weighted by molar-refractivity contribution is 6.44. The van der Waals surface area contributed by atoms with Crippen molar-refractivity contribution in [3.8, 4) is 0 Å². The first-order valence-corrected chi connectivity index (χ1v) is 7.46. The quantitative estimate of drug-likeness (QED) is 0.848. The van der Waals surface area contributed by atoms with Crippen molar-refractivity contribution in [2.45, 2.75) is 45.2 Å². The third-order valence-corrected chi connectivity index (χ3v) is 4.31. The van der Waals surface area contributed by atoms with Gasteiger partial charge in [0.15, 0.2) is 5.58 Å². The normalized spacial score (nSPS) is 15.6. The van der Waals surface area contributed by atoms with Crippen LogP contribution in [0.25, 0.3) is 11.0 Å². The van der Waals surface area contributed by atoms with E-state index in [0.29, 0.717) is 22.0 Å². The molecule has 0 aliphatic heterocycles. The number of nitrogens with one attached hydrogen (secondary N) is 1. The third-order valence-electron chi connectivity index (χ3n) is 3.52. The molecule has 0 atom stereocenters. The maximum absolute atomic E-state index is 6.25. The number of hydrogen-bond acceptors (Lipinski definition) is 2. The minimum Gasteiger partial charge on any atom is -0.458 e. The summed E-state index contributed by atoms with van der Waals surface area (Å²) in [5.74, 6) is 1.64. The standard InChI is InChI=1S/C15H17Cl2NO/c1-8(2)18-7-12-13(9-3-4-9)10-5-6-11(16)14(17)15(10)19-12/h5-6,8-9,18H,3-4,7H2,1-2H3. The van der Waals surface area contributed by atoms with Gasteiger partial charge in [-0.1, -0.05) is 37.0 Å². The fourth-order valence-electron chi connectivity index (χ4n) is 2.42. The number of fused-ring (bicyclic) bond motifs is 1. The molecule has 1 saturated carbocycles. The Balaban J connectivity index is 2.09. The first-order valence-electron chi connectivity index (χ1n) is 6.70. The minimum absolute atomic E-state index is 0.430. The topological polar surface area (TPSA) is 25.2 Å². The van der Waals surface area contributed by atoms with Crippen LogP contribution in [0.3, 0.4) is 0 Å². The van der Waals surface area contributed by atoms with Gasteiger partial charge in [0.25, 0.3) is 0 Å². The summed E-state index contributed by atoms with van der Waals surface area (Å²) in [6.07, 6.45) is 2.48. The van der Waals surface area contributed by atoms with Gasteiger partial charge in [0.2, 0.25) is 0 Å². The molecule has 102 valence electrons. The van der Waals surface area contributed by atoms with E-state index >= 15 is 0 Å². The monoisotopic (exact) mass is 297 g/mol. The van der Waals surface area contributed by atoms with Gasteiger partial charge < -0.3 is 9.73 Å². The second kappa shape index (κ2) is 5.01. The minimum atomic E-state index is 0.430. The second-order valence-corrected chi connectivity index (χ2v) is 6.27. The average molecular weight is 298 g/mol. The van der Waals surface area contributed by atoms with E-state index in [4.69, 9.17) is 27.6 Å². The number of hydrogen-bond donors (Lipinski definition) is 1. The molecule has 2 aromatic rings. The second-order valence-electron chi connectivity index (χ2n) is 5.49. The van der Waals surface area contributed by atoms with Gasteiger partial charge in [-0.2, -0.15) is 0 Å². The molecule has 1 aliphatic rings. The van der Waals surface area contributed by atoms with Crippen molar-refractivity contribution in [1.82, 2.24) is 5.32 Å². The molecule has 0 bridgehead atoms. The Bertz CT molecular complexity index is 614. The van der Waals surface area contributed by atoms with Crippen molar-refractivity contribution in [1.29, 1.82) is 0 Å². The summed E-state index contributed by atoms with van der Waals surface area (Å²) < 4.78 is 5.98. The van der Waals surface area contributed by atoms with Crippen LogP contribution in [0.5, 0.6) is 0 Å². The highest BCUT2D eigenvalue weighted by Crippen LogP contribution is 2.48. The van der Waals surface area contributed by atoms with E-state index in [1.807, 2.05) is 12.1 Å². The number of halogens is 2. The van der Waals surface area contributed by atoms with Gasteiger partial charge in [-0.15, -0.1) is 0 Å². The lowest BCUT2D eigenvalue weighted by molar-refractivity contribution is 0.483. The molecule has 0 unspecified atom stereocenters. The van der Waals surface area contributed by atoms with Gasteiger partial charge in [-0.3, -0.25) is 0 Å². The van der Waals surface area contributed by atoms with Crippen LogP contribution in [0.4, 0.5) is 0 Å². The zero-order chi connectivity index (χ0) is 13.6. The Kier molecular flexibility index (Phi) is 3.50. The lowest BCUT2D eigenvalue weighted by Crippen LogP contribution is -2.22. The molecule has 0 radical (unpaired) electrons. The first-order chi connectivity index (χ1) is 9.08. The molecular formula is C15H17Cl2NO. The molecule has 0 spiro atoms. The molecule has 1 N–H and O–H groups in total. The van der Waals surface area contributed by atoms with Crippen LogP contribution in [-0.2, 0) is 6.54 Å². The number of rotatable bonds is 4. The Morgan fingerprint density at radius 1 is 1.32 bits per heavy atom. The van der Waals surface area contributed by atoms with Crippen LogP contribution in [0, 0.1) is 0 Å². The van der Waals surface area contributed by atoms with Crippen molar-refractivity contribution >= 4 is 34.2 Å². The summed E-state index contributed by atoms with van der Waals surface area (Å²) in [5, 5.41) is 5.61. The van der Waals surface area contributed by atoms with E-state index in [-0.39, 0.29) is 0 Å². The molecule has 1 aliphatic carbocycles. The molecule has 4 heteroatoms. The molecule has 0 amide bonds. The van der Waals surface area contributed by atoms with Crippen LogP contribution in [0.15, 0.2) is 16.5 Å². The maximum Gasteiger partial charge on any atom is 0.154 e. The van der Waals surface area contributed by atoms with Crippen molar-refractivity contribution in [2.24, 2.45) is 0 Å². The van der Waals surface area contributed by atoms with Gasteiger partial charge in [0.05, 0.1) is 11.6 Å². The number of benzene rings is 1. The van der Waals surface area contributed by atoms with E-state index in [1.165, 1.54) is 18.4 Å². The van der Waals surface area contributed by atoms with E-state index in [2.05, 4.69) is 19.2 Å². The molecule has 19 heavy (non-hydrogen) atoms. The average Bonchev–Trinajstić information content (AvgIpc) is 3.13. The van der Waals surface area contributed by atoms with Crippen LogP contribution in [-0.4, -0.2) is 6.04 Å². The molecule has 1 fully saturated rings. The van der Waals surface area contributed by atoms with Gasteiger partial charge in [-0.05, 0) is 30.9 Å². The maximum atomic E-state index is 6.25. The van der Waals surface area contributed by atoms with Gasteiger partial charge in [0, 0.05) is 17.0 Å². The fourth-order valence-corrected chi connectivity index (χ4v) is 2.77. The van der Waals surface area contributed by atoms with Crippen molar-refractivity contribution < 1.29 is 4.42 Å². The van der Waals surface area contributed by atoms with E-state index in [1.54, 1.807) is 0 Å². The van der Waals surface area contributed by atoms with Gasteiger partial charge >= 0.3 is 0 Å². The summed E-state index contributed by atoms with van der Waals surface area (Å²) in [4.78, 5) is 0. The van der Waals surface area contributed by atoms with Gasteiger partial charge in [-0.25, -0.2) is 0 Å². The van der Waals surface area contributed by atoms with Crippen LogP contribution < -0.4 is 5.32 Å². The molecule has 1 aromatic heterocycles. The van der Waals surface area contributed by atoms with Crippen molar-refractivity contribution in [3.05, 3.63) is 33.5 Å². The molecule has 1 aromatic carbocycles. The van der Waals surface area contributed by atoms with Crippen LogP contribution >= 0.6 is 23.2 Å². The Labute approximate surface area is 123 Å². The predicted octanol–water partition coefficient (Wildman–Crippen LogP) is 5.12. The molecule has 2 nitrogen and oxygen atoms in total. The summed E-state index contributed by atoms with van der Waals surface area (Å²) in [7, 11) is 0. The summed E-state index contributed by atoms with van der Waals surface area (Å²) >= 11 is 12.3. The molecule has 0 saturated heterocycles. The molecule has 1 heterocycles. The fraction of sp³-hybridized carbons (Fsp3) is 0.467. The zero-order valence-electron chi connectivity index (χ0n) is 11.1. The summed E-state index contributed by atoms with van der Waals surface area (Å²) in [5.41, 5.74) is 2.05. The van der Waals surface area contributed by atoms with Gasteiger partial charge in [0.1, 0.15) is 10.8 Å². The summed E-state index contributed by atoms with van der Waals surface area (Å²) in [6, 6.07) is 4.31. The first kappa shape index (κ1) is 13.3. The van der Waals surface area contributed by atoms with Crippen LogP contribution in [0.1, 0.15) is 43.9 Å². The Morgan fingerprint density at radius 3 is 2.68 bits per heavy atom. The SMILES string of the molecule is CC(C)NCc1oc2c(Cl)c(Cl)ccc2c1C1CC1. The Hall–Kier alpha value is -0.700. The highest BCUT2D eigenvalue weighted by Gasteiger charge is 2.31. The van der Waals surface area contributed by atoms with Crippen molar-refractivity contribution in [2.75, 3.05) is 0 Å². The van der Waals surface area contributed by atoms with Crippen molar-refractivity contribution in [3.63, 3.8) is 0 Å². The van der Waals surface area contributed by atoms with E-state index in [9.17, 15) is 0 Å². The summed E-state index contributed by atoms with van der Waals surface area (Å²) in [6.45, 7) is 5.00.